The predicted molar refractivity (Wildman–Crippen MR) is 91.3 cm³/mol. The quantitative estimate of drug-likeness (QED) is 0.696. The van der Waals surface area contributed by atoms with Crippen LogP contribution in [0.25, 0.3) is 11.4 Å². The average Bonchev–Trinajstić information content (AvgIpc) is 3.06. The summed E-state index contributed by atoms with van der Waals surface area (Å²) in [5, 5.41) is 4.52. The van der Waals surface area contributed by atoms with E-state index >= 15 is 0 Å². The zero-order chi connectivity index (χ0) is 17.8. The fraction of sp³-hybridized carbons (Fsp3) is 0.167. The van der Waals surface area contributed by atoms with E-state index in [1.54, 1.807) is 49.5 Å². The van der Waals surface area contributed by atoms with Crippen molar-refractivity contribution < 1.29 is 13.7 Å². The third-order valence-corrected chi connectivity index (χ3v) is 3.92. The highest BCUT2D eigenvalue weighted by Gasteiger charge is 2.16. The van der Waals surface area contributed by atoms with Crippen molar-refractivity contribution in [2.75, 3.05) is 7.05 Å². The maximum atomic E-state index is 13.6. The van der Waals surface area contributed by atoms with Crippen molar-refractivity contribution in [3.8, 4) is 11.4 Å². The van der Waals surface area contributed by atoms with Crippen molar-refractivity contribution in [2.24, 2.45) is 0 Å². The molecule has 0 bridgehead atoms. The Hall–Kier alpha value is -2.73. The van der Waals surface area contributed by atoms with Crippen LogP contribution < -0.4 is 0 Å². The number of carbonyl (C=O) groups is 1. The second kappa shape index (κ2) is 7.44. The van der Waals surface area contributed by atoms with E-state index in [2.05, 4.69) is 10.1 Å². The first kappa shape index (κ1) is 17.1. The van der Waals surface area contributed by atoms with Gasteiger partial charge >= 0.3 is 0 Å². The molecule has 1 aromatic heterocycles. The third kappa shape index (κ3) is 4.22. The molecular weight excluding hydrogens is 345 g/mol. The monoisotopic (exact) mass is 359 g/mol. The Morgan fingerprint density at radius 3 is 2.64 bits per heavy atom. The molecule has 3 rings (SSSR count). The highest BCUT2D eigenvalue weighted by atomic mass is 35.5. The molecule has 128 valence electrons. The van der Waals surface area contributed by atoms with Gasteiger partial charge in [-0.15, -0.1) is 0 Å². The molecule has 2 aromatic carbocycles. The molecule has 0 atom stereocenters. The molecule has 0 saturated heterocycles. The molecule has 1 amide bonds. The topological polar surface area (TPSA) is 59.2 Å². The molecular formula is C18H15ClFN3O2. The molecule has 25 heavy (non-hydrogen) atoms. The summed E-state index contributed by atoms with van der Waals surface area (Å²) in [5.41, 5.74) is 1.12. The first-order valence-electron chi connectivity index (χ1n) is 7.59. The molecule has 0 unspecified atom stereocenters. The molecule has 0 aliphatic heterocycles. The van der Waals surface area contributed by atoms with Gasteiger partial charge in [0.05, 0.1) is 13.0 Å². The molecule has 0 saturated carbocycles. The molecule has 0 aliphatic carbocycles. The van der Waals surface area contributed by atoms with Crippen LogP contribution in [0.5, 0.6) is 0 Å². The molecule has 0 fully saturated rings. The lowest BCUT2D eigenvalue weighted by Gasteiger charge is -2.14. The van der Waals surface area contributed by atoms with E-state index in [1.165, 1.54) is 11.0 Å². The number of hydrogen-bond donors (Lipinski definition) is 0. The Morgan fingerprint density at radius 2 is 1.92 bits per heavy atom. The number of aromatic nitrogens is 2. The van der Waals surface area contributed by atoms with Crippen LogP contribution in [0.1, 0.15) is 11.5 Å². The van der Waals surface area contributed by atoms with E-state index in [0.717, 1.165) is 5.56 Å². The number of halogens is 2. The molecule has 5 nitrogen and oxygen atoms in total. The zero-order valence-electron chi connectivity index (χ0n) is 13.4. The summed E-state index contributed by atoms with van der Waals surface area (Å²) in [5.74, 6) is 0.0827. The lowest BCUT2D eigenvalue weighted by Crippen LogP contribution is -2.28. The van der Waals surface area contributed by atoms with Gasteiger partial charge in [0.25, 0.3) is 0 Å². The number of amides is 1. The Balaban J connectivity index is 1.65. The van der Waals surface area contributed by atoms with Gasteiger partial charge in [0, 0.05) is 17.6 Å². The van der Waals surface area contributed by atoms with E-state index in [9.17, 15) is 9.18 Å². The Bertz CT molecular complexity index is 880. The number of nitrogens with zero attached hydrogens (tertiary/aromatic N) is 3. The molecule has 0 radical (unpaired) electrons. The van der Waals surface area contributed by atoms with Crippen molar-refractivity contribution in [3.63, 3.8) is 0 Å². The van der Waals surface area contributed by atoms with Gasteiger partial charge < -0.3 is 9.42 Å². The minimum atomic E-state index is -0.396. The normalized spacial score (nSPS) is 10.7. The van der Waals surface area contributed by atoms with E-state index < -0.39 is 5.82 Å². The standard InChI is InChI=1S/C18H15ClFN3O2/c1-23(17(24)10-13-4-2-3-5-15(13)20)11-16-21-18(22-25-16)12-6-8-14(19)9-7-12/h2-9H,10-11H2,1H3. The highest BCUT2D eigenvalue weighted by molar-refractivity contribution is 6.30. The maximum absolute atomic E-state index is 13.6. The SMILES string of the molecule is CN(Cc1nc(-c2ccc(Cl)cc2)no1)C(=O)Cc1ccccc1F. The van der Waals surface area contributed by atoms with Gasteiger partial charge in [-0.3, -0.25) is 4.79 Å². The van der Waals surface area contributed by atoms with E-state index in [4.69, 9.17) is 16.1 Å². The first-order valence-corrected chi connectivity index (χ1v) is 7.96. The minimum absolute atomic E-state index is 0.0264. The Morgan fingerprint density at radius 1 is 1.20 bits per heavy atom. The summed E-state index contributed by atoms with van der Waals surface area (Å²) in [6.45, 7) is 0.147. The molecule has 3 aromatic rings. The maximum Gasteiger partial charge on any atom is 0.246 e. The lowest BCUT2D eigenvalue weighted by molar-refractivity contribution is -0.130. The summed E-state index contributed by atoms with van der Waals surface area (Å²) in [4.78, 5) is 17.9. The van der Waals surface area contributed by atoms with Crippen LogP contribution in [0, 0.1) is 5.82 Å². The summed E-state index contributed by atoms with van der Waals surface area (Å²) >= 11 is 5.85. The van der Waals surface area contributed by atoms with Gasteiger partial charge in [-0.2, -0.15) is 4.98 Å². The summed E-state index contributed by atoms with van der Waals surface area (Å²) < 4.78 is 18.8. The van der Waals surface area contributed by atoms with Crippen LogP contribution in [-0.4, -0.2) is 28.0 Å². The first-order chi connectivity index (χ1) is 12.0. The van der Waals surface area contributed by atoms with Crippen LogP contribution >= 0.6 is 11.6 Å². The van der Waals surface area contributed by atoms with Crippen LogP contribution in [-0.2, 0) is 17.8 Å². The summed E-state index contributed by atoms with van der Waals surface area (Å²) in [6, 6.07) is 13.2. The number of rotatable bonds is 5. The fourth-order valence-corrected chi connectivity index (χ4v) is 2.39. The zero-order valence-corrected chi connectivity index (χ0v) is 14.2. The van der Waals surface area contributed by atoms with Crippen LogP contribution in [0.4, 0.5) is 4.39 Å². The summed E-state index contributed by atoms with van der Waals surface area (Å²) in [7, 11) is 1.61. The molecule has 0 aliphatic rings. The van der Waals surface area contributed by atoms with E-state index in [-0.39, 0.29) is 18.9 Å². The number of benzene rings is 2. The molecule has 7 heteroatoms. The Kier molecular flexibility index (Phi) is 5.09. The fourth-order valence-electron chi connectivity index (χ4n) is 2.27. The van der Waals surface area contributed by atoms with Gasteiger partial charge in [0.15, 0.2) is 0 Å². The van der Waals surface area contributed by atoms with Gasteiger partial charge in [0.2, 0.25) is 17.6 Å². The van der Waals surface area contributed by atoms with Gasteiger partial charge in [-0.25, -0.2) is 4.39 Å². The largest absolute Gasteiger partial charge is 0.337 e. The van der Waals surface area contributed by atoms with Gasteiger partial charge in [-0.05, 0) is 35.9 Å². The van der Waals surface area contributed by atoms with E-state index in [1.807, 2.05) is 0 Å². The number of hydrogen-bond acceptors (Lipinski definition) is 4. The Labute approximate surface area is 149 Å². The van der Waals surface area contributed by atoms with Crippen LogP contribution in [0.3, 0.4) is 0 Å². The predicted octanol–water partition coefficient (Wildman–Crippen LogP) is 3.73. The van der Waals surface area contributed by atoms with Gasteiger partial charge in [-0.1, -0.05) is 35.0 Å². The third-order valence-electron chi connectivity index (χ3n) is 3.67. The molecule has 0 spiro atoms. The smallest absolute Gasteiger partial charge is 0.246 e. The van der Waals surface area contributed by atoms with Crippen molar-refractivity contribution in [1.29, 1.82) is 0 Å². The summed E-state index contributed by atoms with van der Waals surface area (Å²) in [6.07, 6.45) is -0.0264. The molecule has 0 N–H and O–H groups in total. The van der Waals surface area contributed by atoms with Crippen molar-refractivity contribution in [3.05, 3.63) is 70.8 Å². The van der Waals surface area contributed by atoms with Crippen molar-refractivity contribution in [2.45, 2.75) is 13.0 Å². The minimum Gasteiger partial charge on any atom is -0.337 e. The lowest BCUT2D eigenvalue weighted by atomic mass is 10.1. The van der Waals surface area contributed by atoms with Crippen molar-refractivity contribution in [1.82, 2.24) is 15.0 Å². The van der Waals surface area contributed by atoms with Crippen molar-refractivity contribution >= 4 is 17.5 Å². The highest BCUT2D eigenvalue weighted by Crippen LogP contribution is 2.19. The molecule has 1 heterocycles. The second-order valence-electron chi connectivity index (χ2n) is 5.54. The number of likely N-dealkylation sites (N-methyl/N-ethyl adjacent to an activating group) is 1. The van der Waals surface area contributed by atoms with Gasteiger partial charge in [0.1, 0.15) is 5.82 Å². The van der Waals surface area contributed by atoms with Crippen LogP contribution in [0.2, 0.25) is 5.02 Å². The van der Waals surface area contributed by atoms with E-state index in [0.29, 0.717) is 22.3 Å². The second-order valence-corrected chi connectivity index (χ2v) is 5.97. The van der Waals surface area contributed by atoms with Crippen LogP contribution in [0.15, 0.2) is 53.1 Å². The average molecular weight is 360 g/mol. The number of carbonyl (C=O) groups excluding carboxylic acids is 1.